The molecule has 0 aliphatic carbocycles. The van der Waals surface area contributed by atoms with E-state index in [2.05, 4.69) is 26.1 Å². The molecule has 0 bridgehead atoms. The van der Waals surface area contributed by atoms with Crippen molar-refractivity contribution in [3.8, 4) is 5.75 Å². The first-order valence-corrected chi connectivity index (χ1v) is 12.5. The van der Waals surface area contributed by atoms with Crippen molar-refractivity contribution in [2.45, 2.75) is 26.5 Å². The van der Waals surface area contributed by atoms with Crippen LogP contribution < -0.4 is 10.3 Å². The molecule has 4 rings (SSSR count). The van der Waals surface area contributed by atoms with Gasteiger partial charge in [0, 0.05) is 11.0 Å². The first-order valence-electron chi connectivity index (χ1n) is 11.7. The number of nitrogens with zero attached hydrogens (tertiary/aromatic N) is 3. The summed E-state index contributed by atoms with van der Waals surface area (Å²) in [4.78, 5) is 34.9. The van der Waals surface area contributed by atoms with Crippen LogP contribution in [-0.2, 0) is 27.5 Å². The molecular weight excluding hydrogens is 538 g/mol. The Bertz CT molecular complexity index is 1450. The van der Waals surface area contributed by atoms with Crippen LogP contribution in [0.15, 0.2) is 87.2 Å². The molecule has 1 heterocycles. The quantitative estimate of drug-likeness (QED) is 0.110. The van der Waals surface area contributed by atoms with Crippen molar-refractivity contribution in [1.29, 1.82) is 0 Å². The molecule has 0 saturated heterocycles. The van der Waals surface area contributed by atoms with Crippen LogP contribution in [0.5, 0.6) is 5.75 Å². The highest BCUT2D eigenvalue weighted by Gasteiger charge is 2.13. The van der Waals surface area contributed by atoms with Crippen molar-refractivity contribution in [2.24, 2.45) is 5.16 Å². The lowest BCUT2D eigenvalue weighted by atomic mass is 10.2. The molecule has 0 saturated carbocycles. The van der Waals surface area contributed by atoms with E-state index in [1.54, 1.807) is 22.8 Å². The molecule has 0 amide bonds. The summed E-state index contributed by atoms with van der Waals surface area (Å²) in [5.74, 6) is 0.692. The van der Waals surface area contributed by atoms with Crippen molar-refractivity contribution in [2.75, 3.05) is 13.2 Å². The predicted molar refractivity (Wildman–Crippen MR) is 145 cm³/mol. The summed E-state index contributed by atoms with van der Waals surface area (Å²) in [5, 5.41) is 4.31. The number of hydrogen-bond donors (Lipinski definition) is 0. The first-order chi connectivity index (χ1) is 18.0. The molecule has 0 aliphatic heterocycles. The number of benzene rings is 3. The van der Waals surface area contributed by atoms with E-state index in [0.717, 1.165) is 21.3 Å². The molecule has 0 atom stereocenters. The van der Waals surface area contributed by atoms with Gasteiger partial charge in [-0.3, -0.25) is 9.36 Å². The molecule has 0 radical (unpaired) electrons. The number of carbonyl (C=O) groups is 1. The van der Waals surface area contributed by atoms with Crippen LogP contribution >= 0.6 is 15.9 Å². The molecule has 3 aromatic carbocycles. The minimum absolute atomic E-state index is 0.121. The largest absolute Gasteiger partial charge is 0.485 e. The molecule has 190 valence electrons. The molecule has 4 aromatic rings. The molecular formula is C28H26BrN3O5. The van der Waals surface area contributed by atoms with Crippen LogP contribution in [0.1, 0.15) is 23.4 Å². The van der Waals surface area contributed by atoms with Gasteiger partial charge < -0.3 is 14.3 Å². The van der Waals surface area contributed by atoms with Gasteiger partial charge in [0.25, 0.3) is 5.56 Å². The number of hydrogen-bond acceptors (Lipinski definition) is 7. The Labute approximate surface area is 222 Å². The third-order valence-corrected chi connectivity index (χ3v) is 6.04. The van der Waals surface area contributed by atoms with Gasteiger partial charge in [0.1, 0.15) is 18.2 Å². The number of aromatic nitrogens is 2. The fraction of sp³-hybridized carbons (Fsp3) is 0.214. The van der Waals surface area contributed by atoms with Crippen molar-refractivity contribution in [3.63, 3.8) is 0 Å². The van der Waals surface area contributed by atoms with Crippen molar-refractivity contribution in [1.82, 2.24) is 9.55 Å². The predicted octanol–water partition coefficient (Wildman–Crippen LogP) is 5.03. The van der Waals surface area contributed by atoms with Crippen LogP contribution in [-0.4, -0.2) is 34.9 Å². The zero-order valence-electron chi connectivity index (χ0n) is 20.3. The SMILES string of the molecule is Cc1ccccc1OCc1nc2ccccc2c(=O)n1CCCOC(=O)CON=Cc1ccc(Br)cc1. The fourth-order valence-corrected chi connectivity index (χ4v) is 3.87. The number of esters is 1. The zero-order chi connectivity index (χ0) is 26.0. The second kappa shape index (κ2) is 12.8. The smallest absolute Gasteiger partial charge is 0.347 e. The molecule has 1 aromatic heterocycles. The minimum Gasteiger partial charge on any atom is -0.485 e. The first kappa shape index (κ1) is 26.1. The fourth-order valence-electron chi connectivity index (χ4n) is 3.60. The van der Waals surface area contributed by atoms with Crippen molar-refractivity contribution in [3.05, 3.63) is 105 Å². The summed E-state index contributed by atoms with van der Waals surface area (Å²) >= 11 is 3.36. The maximum absolute atomic E-state index is 13.2. The number of rotatable bonds is 11. The Morgan fingerprint density at radius 2 is 1.81 bits per heavy atom. The van der Waals surface area contributed by atoms with E-state index in [1.165, 1.54) is 6.21 Å². The summed E-state index contributed by atoms with van der Waals surface area (Å²) in [6.07, 6.45) is 1.94. The van der Waals surface area contributed by atoms with Gasteiger partial charge in [0.05, 0.1) is 23.7 Å². The van der Waals surface area contributed by atoms with Gasteiger partial charge >= 0.3 is 5.97 Å². The highest BCUT2D eigenvalue weighted by Crippen LogP contribution is 2.18. The number of carbonyl (C=O) groups excluding carboxylic acids is 1. The van der Waals surface area contributed by atoms with Gasteiger partial charge in [-0.05, 0) is 54.8 Å². The summed E-state index contributed by atoms with van der Waals surface area (Å²) in [5.41, 5.74) is 2.28. The number of aryl methyl sites for hydroxylation is 1. The third kappa shape index (κ3) is 7.27. The van der Waals surface area contributed by atoms with Crippen LogP contribution in [0.4, 0.5) is 0 Å². The zero-order valence-corrected chi connectivity index (χ0v) is 21.9. The number of oxime groups is 1. The van der Waals surface area contributed by atoms with Gasteiger partial charge in [0.2, 0.25) is 6.61 Å². The van der Waals surface area contributed by atoms with E-state index in [4.69, 9.17) is 14.3 Å². The molecule has 0 fully saturated rings. The van der Waals surface area contributed by atoms with Crippen LogP contribution in [0.3, 0.4) is 0 Å². The highest BCUT2D eigenvalue weighted by molar-refractivity contribution is 9.10. The number of halogens is 1. The molecule has 8 nitrogen and oxygen atoms in total. The van der Waals surface area contributed by atoms with E-state index >= 15 is 0 Å². The normalized spacial score (nSPS) is 11.1. The van der Waals surface area contributed by atoms with Crippen LogP contribution in [0, 0.1) is 6.92 Å². The molecule has 0 aliphatic rings. The van der Waals surface area contributed by atoms with Crippen LogP contribution in [0.2, 0.25) is 0 Å². The highest BCUT2D eigenvalue weighted by atomic mass is 79.9. The Morgan fingerprint density at radius 3 is 2.62 bits per heavy atom. The average Bonchev–Trinajstić information content (AvgIpc) is 2.91. The molecule has 0 spiro atoms. The maximum atomic E-state index is 13.2. The van der Waals surface area contributed by atoms with E-state index < -0.39 is 5.97 Å². The molecule has 37 heavy (non-hydrogen) atoms. The summed E-state index contributed by atoms with van der Waals surface area (Å²) in [6.45, 7) is 2.23. The van der Waals surface area contributed by atoms with Crippen molar-refractivity contribution >= 4 is 39.0 Å². The second-order valence-corrected chi connectivity index (χ2v) is 9.11. The third-order valence-electron chi connectivity index (χ3n) is 5.51. The lowest BCUT2D eigenvalue weighted by molar-refractivity contribution is -0.149. The Balaban J connectivity index is 1.33. The Hall–Kier alpha value is -3.98. The second-order valence-electron chi connectivity index (χ2n) is 8.19. The van der Waals surface area contributed by atoms with E-state index in [1.807, 2.05) is 61.5 Å². The lowest BCUT2D eigenvalue weighted by Crippen LogP contribution is -2.27. The van der Waals surface area contributed by atoms with E-state index in [9.17, 15) is 9.59 Å². The van der Waals surface area contributed by atoms with Crippen LogP contribution in [0.25, 0.3) is 10.9 Å². The molecule has 0 unspecified atom stereocenters. The average molecular weight is 564 g/mol. The summed E-state index contributed by atoms with van der Waals surface area (Å²) < 4.78 is 13.7. The molecule has 9 heteroatoms. The van der Waals surface area contributed by atoms with E-state index in [0.29, 0.717) is 29.7 Å². The van der Waals surface area contributed by atoms with Gasteiger partial charge in [-0.25, -0.2) is 9.78 Å². The number of para-hydroxylation sites is 2. The Kier molecular flexibility index (Phi) is 9.04. The van der Waals surface area contributed by atoms with E-state index in [-0.39, 0.29) is 25.4 Å². The van der Waals surface area contributed by atoms with Crippen molar-refractivity contribution < 1.29 is 19.1 Å². The summed E-state index contributed by atoms with van der Waals surface area (Å²) in [7, 11) is 0. The monoisotopic (exact) mass is 563 g/mol. The number of ether oxygens (including phenoxy) is 2. The summed E-state index contributed by atoms with van der Waals surface area (Å²) in [6, 6.07) is 22.4. The minimum atomic E-state index is -0.542. The molecule has 0 N–H and O–H groups in total. The van der Waals surface area contributed by atoms with Gasteiger partial charge in [0.15, 0.2) is 0 Å². The number of fused-ring (bicyclic) bond motifs is 1. The van der Waals surface area contributed by atoms with Gasteiger partial charge in [-0.1, -0.05) is 63.6 Å². The van der Waals surface area contributed by atoms with Gasteiger partial charge in [-0.15, -0.1) is 0 Å². The standard InChI is InChI=1S/C28H26BrN3O5/c1-20-7-2-5-10-25(20)36-18-26-31-24-9-4-3-8-23(24)28(34)32(26)15-6-16-35-27(33)19-37-30-17-21-11-13-22(29)14-12-21/h2-5,7-14,17H,6,15-16,18-19H2,1H3. The Morgan fingerprint density at radius 1 is 1.05 bits per heavy atom. The lowest BCUT2D eigenvalue weighted by Gasteiger charge is -2.15. The maximum Gasteiger partial charge on any atom is 0.347 e. The van der Waals surface area contributed by atoms with Gasteiger partial charge in [-0.2, -0.15) is 0 Å². The topological polar surface area (TPSA) is 92.0 Å².